The van der Waals surface area contributed by atoms with Crippen LogP contribution in [0.25, 0.3) is 0 Å². The Morgan fingerprint density at radius 1 is 1.13 bits per heavy atom. The molecular formula is C10H14Cl2O2S. The van der Waals surface area contributed by atoms with Crippen LogP contribution >= 0.6 is 21.4 Å². The van der Waals surface area contributed by atoms with Crippen LogP contribution in [0.2, 0.25) is 0 Å². The summed E-state index contributed by atoms with van der Waals surface area (Å²) >= 11 is 0. The fraction of sp³-hybridized carbons (Fsp3) is 0.400. The summed E-state index contributed by atoms with van der Waals surface area (Å²) < 4.78 is 18.3. The molecule has 15 heavy (non-hydrogen) atoms. The van der Waals surface area contributed by atoms with Crippen molar-refractivity contribution in [1.82, 2.24) is 0 Å². The third kappa shape index (κ3) is 13.8. The minimum atomic E-state index is -3.72. The van der Waals surface area contributed by atoms with Crippen LogP contribution in [-0.2, 0) is 14.7 Å². The zero-order valence-corrected chi connectivity index (χ0v) is 11.0. The van der Waals surface area contributed by atoms with Gasteiger partial charge in [-0.25, -0.2) is 0 Å². The average Bonchev–Trinajstić information content (AvgIpc) is 2.01. The number of hydrogen-bond donors (Lipinski definition) is 0. The van der Waals surface area contributed by atoms with Crippen molar-refractivity contribution < 1.29 is 8.42 Å². The van der Waals surface area contributed by atoms with Crippen molar-refractivity contribution in [1.29, 1.82) is 0 Å². The van der Waals surface area contributed by atoms with E-state index in [2.05, 4.69) is 65.5 Å². The molecule has 0 unspecified atom stereocenters. The number of benzene rings is 1. The van der Waals surface area contributed by atoms with Crippen molar-refractivity contribution in [2.75, 3.05) is 0 Å². The summed E-state index contributed by atoms with van der Waals surface area (Å²) in [6.45, 7) is 4.49. The van der Waals surface area contributed by atoms with Crippen molar-refractivity contribution in [3.8, 4) is 0 Å². The molecule has 0 saturated heterocycles. The molecule has 1 aromatic carbocycles. The quantitative estimate of drug-likeness (QED) is 0.769. The predicted octanol–water partition coefficient (Wildman–Crippen LogP) is 3.59. The van der Waals surface area contributed by atoms with Gasteiger partial charge in [-0.1, -0.05) is 44.2 Å². The summed E-state index contributed by atoms with van der Waals surface area (Å²) in [6, 6.07) is 10.6. The monoisotopic (exact) mass is 268 g/mol. The number of hydrogen-bond acceptors (Lipinski definition) is 2. The van der Waals surface area contributed by atoms with Gasteiger partial charge < -0.3 is 0 Å². The van der Waals surface area contributed by atoms with Crippen LogP contribution in [0.15, 0.2) is 30.3 Å². The van der Waals surface area contributed by atoms with E-state index in [0.717, 1.165) is 5.92 Å². The van der Waals surface area contributed by atoms with Gasteiger partial charge >= 0.3 is 8.26 Å². The van der Waals surface area contributed by atoms with E-state index in [9.17, 15) is 0 Å². The van der Waals surface area contributed by atoms with Crippen molar-refractivity contribution in [3.63, 3.8) is 0 Å². The number of rotatable bonds is 2. The van der Waals surface area contributed by atoms with Gasteiger partial charge in [0.1, 0.15) is 0 Å². The molecule has 0 atom stereocenters. The Kier molecular flexibility index (Phi) is 6.98. The Balaban J connectivity index is 0.000000336. The molecule has 2 nitrogen and oxygen atoms in total. The molecule has 1 aromatic rings. The van der Waals surface area contributed by atoms with Crippen molar-refractivity contribution in [3.05, 3.63) is 35.9 Å². The third-order valence-corrected chi connectivity index (χ3v) is 1.49. The molecule has 0 aliphatic rings. The minimum Gasteiger partial charge on any atom is -0.195 e. The van der Waals surface area contributed by atoms with E-state index in [4.69, 9.17) is 8.42 Å². The van der Waals surface area contributed by atoms with E-state index in [0.29, 0.717) is 0 Å². The fourth-order valence-electron chi connectivity index (χ4n) is 1.09. The molecule has 0 bridgehead atoms. The van der Waals surface area contributed by atoms with E-state index in [1.807, 2.05) is 0 Å². The zero-order valence-electron chi connectivity index (χ0n) is 8.65. The Morgan fingerprint density at radius 3 is 1.87 bits per heavy atom. The highest BCUT2D eigenvalue weighted by Crippen LogP contribution is 2.06. The Hall–Kier alpha value is -0.250. The van der Waals surface area contributed by atoms with Crippen molar-refractivity contribution >= 4 is 29.6 Å². The summed E-state index contributed by atoms with van der Waals surface area (Å²) in [5, 5.41) is 0. The molecule has 0 heterocycles. The van der Waals surface area contributed by atoms with Gasteiger partial charge in [0.2, 0.25) is 0 Å². The van der Waals surface area contributed by atoms with Gasteiger partial charge in [0.25, 0.3) is 0 Å². The maximum Gasteiger partial charge on any atom is 0.317 e. The highest BCUT2D eigenvalue weighted by molar-refractivity contribution is 8.31. The minimum absolute atomic E-state index is 0.766. The average molecular weight is 269 g/mol. The third-order valence-electron chi connectivity index (χ3n) is 1.49. The van der Waals surface area contributed by atoms with Gasteiger partial charge in [0.15, 0.2) is 0 Å². The van der Waals surface area contributed by atoms with Crippen LogP contribution in [0, 0.1) is 5.92 Å². The van der Waals surface area contributed by atoms with Crippen LogP contribution in [0.4, 0.5) is 0 Å². The lowest BCUT2D eigenvalue weighted by atomic mass is 10.0. The van der Waals surface area contributed by atoms with Crippen LogP contribution in [0.3, 0.4) is 0 Å². The molecule has 0 radical (unpaired) electrons. The van der Waals surface area contributed by atoms with E-state index >= 15 is 0 Å². The molecular weight excluding hydrogens is 255 g/mol. The second kappa shape index (κ2) is 7.09. The lowest BCUT2D eigenvalue weighted by molar-refractivity contribution is 0.621. The van der Waals surface area contributed by atoms with Gasteiger partial charge in [0.05, 0.1) is 0 Å². The van der Waals surface area contributed by atoms with Gasteiger partial charge in [-0.15, -0.1) is 0 Å². The van der Waals surface area contributed by atoms with E-state index in [1.165, 1.54) is 12.0 Å². The first kappa shape index (κ1) is 14.8. The van der Waals surface area contributed by atoms with Crippen LogP contribution in [-0.4, -0.2) is 8.42 Å². The Labute approximate surface area is 100 Å². The molecule has 0 amide bonds. The van der Waals surface area contributed by atoms with Gasteiger partial charge in [-0.05, 0) is 17.9 Å². The maximum absolute atomic E-state index is 9.16. The standard InChI is InChI=1S/C10H14.Cl2O2S/c1-9(2)8-10-6-4-3-5-7-10;1-5(2,3)4/h3-7,9H,8H2,1-2H3;. The SMILES string of the molecule is CC(C)Cc1ccccc1.O=S(=O)(Cl)Cl. The van der Waals surface area contributed by atoms with Crippen LogP contribution < -0.4 is 0 Å². The van der Waals surface area contributed by atoms with Crippen LogP contribution in [0.5, 0.6) is 0 Å². The van der Waals surface area contributed by atoms with Crippen LogP contribution in [0.1, 0.15) is 19.4 Å². The summed E-state index contributed by atoms with van der Waals surface area (Å²) in [7, 11) is 4.81. The fourth-order valence-corrected chi connectivity index (χ4v) is 1.09. The Bertz CT molecular complexity index is 352. The summed E-state index contributed by atoms with van der Waals surface area (Å²) in [5.41, 5.74) is 1.44. The molecule has 0 saturated carbocycles. The first-order valence-electron chi connectivity index (χ1n) is 4.47. The smallest absolute Gasteiger partial charge is 0.195 e. The van der Waals surface area contributed by atoms with E-state index in [-0.39, 0.29) is 0 Å². The predicted molar refractivity (Wildman–Crippen MR) is 65.6 cm³/mol. The lowest BCUT2D eigenvalue weighted by Gasteiger charge is -2.02. The normalized spacial score (nSPS) is 10.7. The largest absolute Gasteiger partial charge is 0.317 e. The summed E-state index contributed by atoms with van der Waals surface area (Å²) in [5.74, 6) is 0.766. The van der Waals surface area contributed by atoms with Crippen molar-refractivity contribution in [2.24, 2.45) is 5.92 Å². The molecule has 0 aliphatic heterocycles. The number of halogens is 2. The van der Waals surface area contributed by atoms with Crippen molar-refractivity contribution in [2.45, 2.75) is 20.3 Å². The maximum atomic E-state index is 9.16. The molecule has 0 N–H and O–H groups in total. The van der Waals surface area contributed by atoms with E-state index in [1.54, 1.807) is 0 Å². The molecule has 0 fully saturated rings. The molecule has 0 spiro atoms. The topological polar surface area (TPSA) is 34.1 Å². The molecule has 5 heteroatoms. The van der Waals surface area contributed by atoms with Gasteiger partial charge in [-0.2, -0.15) is 8.42 Å². The van der Waals surface area contributed by atoms with E-state index < -0.39 is 8.26 Å². The highest BCUT2D eigenvalue weighted by Gasteiger charge is 1.94. The first-order valence-corrected chi connectivity index (χ1v) is 7.60. The second-order valence-corrected chi connectivity index (χ2v) is 7.13. The lowest BCUT2D eigenvalue weighted by Crippen LogP contribution is -1.92. The summed E-state index contributed by atoms with van der Waals surface area (Å²) in [4.78, 5) is 0. The second-order valence-electron chi connectivity index (χ2n) is 3.46. The molecule has 1 rings (SSSR count). The first-order chi connectivity index (χ1) is 6.79. The summed E-state index contributed by atoms with van der Waals surface area (Å²) in [6.07, 6.45) is 1.20. The molecule has 0 aromatic heterocycles. The highest BCUT2D eigenvalue weighted by atomic mass is 36.0. The van der Waals surface area contributed by atoms with Gasteiger partial charge in [0, 0.05) is 21.4 Å². The Morgan fingerprint density at radius 2 is 1.53 bits per heavy atom. The molecule has 0 aliphatic carbocycles. The van der Waals surface area contributed by atoms with Gasteiger partial charge in [-0.3, -0.25) is 0 Å². The molecule has 86 valence electrons. The zero-order chi connectivity index (χ0) is 11.9.